The highest BCUT2D eigenvalue weighted by Crippen LogP contribution is 2.25. The normalized spacial score (nSPS) is 11.2. The number of Topliss-reactive ketones (excluding diaryl/α,β-unsaturated/α-hetero) is 1. The van der Waals surface area contributed by atoms with E-state index in [-0.39, 0.29) is 17.7 Å². The molecule has 0 aliphatic rings. The van der Waals surface area contributed by atoms with E-state index in [2.05, 4.69) is 5.32 Å². The Bertz CT molecular complexity index is 857. The van der Waals surface area contributed by atoms with Gasteiger partial charge in [-0.25, -0.2) is 0 Å². The van der Waals surface area contributed by atoms with Crippen LogP contribution < -0.4 is 5.32 Å². The monoisotopic (exact) mass is 380 g/mol. The molecule has 0 radical (unpaired) electrons. The Labute approximate surface area is 166 Å². The molecular formula is C23H28N2O3. The number of carbonyl (C=O) groups is 3. The molecule has 5 nitrogen and oxygen atoms in total. The van der Waals surface area contributed by atoms with Gasteiger partial charge in [-0.05, 0) is 52.3 Å². The van der Waals surface area contributed by atoms with Gasteiger partial charge in [-0.3, -0.25) is 14.4 Å². The lowest BCUT2D eigenvalue weighted by molar-refractivity contribution is -0.148. The maximum Gasteiger partial charge on any atom is 0.239 e. The summed E-state index contributed by atoms with van der Waals surface area (Å²) in [5, 5.41) is 2.78. The maximum atomic E-state index is 13.2. The number of ketones is 1. The van der Waals surface area contributed by atoms with Gasteiger partial charge in [0.2, 0.25) is 11.8 Å². The molecular weight excluding hydrogens is 352 g/mol. The average Bonchev–Trinajstić information content (AvgIpc) is 2.66. The number of rotatable bonds is 7. The molecule has 0 aromatic heterocycles. The number of hydrogen-bond acceptors (Lipinski definition) is 3. The molecule has 0 saturated carbocycles. The van der Waals surface area contributed by atoms with Crippen LogP contribution in [0.3, 0.4) is 0 Å². The predicted octanol–water partition coefficient (Wildman–Crippen LogP) is 4.29. The fourth-order valence-electron chi connectivity index (χ4n) is 2.83. The summed E-state index contributed by atoms with van der Waals surface area (Å²) in [5.74, 6) is -0.733. The number of hydrogen-bond donors (Lipinski definition) is 1. The molecule has 0 aliphatic carbocycles. The van der Waals surface area contributed by atoms with Crippen LogP contribution in [-0.4, -0.2) is 28.5 Å². The first-order chi connectivity index (χ1) is 13.1. The second-order valence-corrected chi connectivity index (χ2v) is 7.73. The van der Waals surface area contributed by atoms with Crippen molar-refractivity contribution in [3.63, 3.8) is 0 Å². The van der Waals surface area contributed by atoms with E-state index in [4.69, 9.17) is 0 Å². The van der Waals surface area contributed by atoms with Crippen LogP contribution in [0.15, 0.2) is 54.6 Å². The quantitative estimate of drug-likeness (QED) is 0.575. The summed E-state index contributed by atoms with van der Waals surface area (Å²) < 4.78 is 0. The fraction of sp³-hybridized carbons (Fsp3) is 0.348. The second kappa shape index (κ2) is 8.83. The minimum atomic E-state index is -1.26. The lowest BCUT2D eigenvalue weighted by Gasteiger charge is -2.34. The van der Waals surface area contributed by atoms with Crippen molar-refractivity contribution in [1.29, 1.82) is 0 Å². The Kier molecular flexibility index (Phi) is 6.73. The number of carbonyl (C=O) groups excluding carboxylic acids is 3. The van der Waals surface area contributed by atoms with E-state index in [1.165, 1.54) is 6.92 Å². The molecule has 0 bridgehead atoms. The van der Waals surface area contributed by atoms with Crippen molar-refractivity contribution in [3.05, 3.63) is 65.7 Å². The summed E-state index contributed by atoms with van der Waals surface area (Å²) >= 11 is 0. The van der Waals surface area contributed by atoms with Crippen molar-refractivity contribution in [2.75, 3.05) is 5.32 Å². The van der Waals surface area contributed by atoms with Crippen molar-refractivity contribution < 1.29 is 14.4 Å². The summed E-state index contributed by atoms with van der Waals surface area (Å²) in [6.45, 7) is 9.03. The van der Waals surface area contributed by atoms with Crippen molar-refractivity contribution in [2.45, 2.75) is 47.2 Å². The van der Waals surface area contributed by atoms with Crippen LogP contribution >= 0.6 is 0 Å². The van der Waals surface area contributed by atoms with Crippen LogP contribution in [0.5, 0.6) is 0 Å². The zero-order valence-electron chi connectivity index (χ0n) is 17.2. The number of nitrogens with zero attached hydrogens (tertiary/aromatic N) is 1. The Morgan fingerprint density at radius 1 is 1.00 bits per heavy atom. The van der Waals surface area contributed by atoms with Gasteiger partial charge in [0.15, 0.2) is 5.78 Å². The molecule has 0 atom stereocenters. The molecule has 2 aromatic rings. The van der Waals surface area contributed by atoms with Crippen LogP contribution in [0, 0.1) is 5.41 Å². The van der Waals surface area contributed by atoms with E-state index in [9.17, 15) is 14.4 Å². The number of amides is 2. The summed E-state index contributed by atoms with van der Waals surface area (Å²) in [6.07, 6.45) is 0. The molecule has 0 aliphatic heterocycles. The number of anilines is 1. The van der Waals surface area contributed by atoms with Gasteiger partial charge in [0.1, 0.15) is 5.41 Å². The molecule has 0 unspecified atom stereocenters. The van der Waals surface area contributed by atoms with Crippen molar-refractivity contribution >= 4 is 23.3 Å². The second-order valence-electron chi connectivity index (χ2n) is 7.73. The van der Waals surface area contributed by atoms with Gasteiger partial charge in [0.25, 0.3) is 0 Å². The van der Waals surface area contributed by atoms with Gasteiger partial charge >= 0.3 is 0 Å². The molecule has 2 rings (SSSR count). The van der Waals surface area contributed by atoms with Crippen molar-refractivity contribution in [2.24, 2.45) is 5.41 Å². The topological polar surface area (TPSA) is 66.5 Å². The molecule has 5 heteroatoms. The molecule has 148 valence electrons. The Balaban J connectivity index is 2.20. The third kappa shape index (κ3) is 5.06. The molecule has 1 N–H and O–H groups in total. The Morgan fingerprint density at radius 3 is 2.21 bits per heavy atom. The maximum absolute atomic E-state index is 13.2. The predicted molar refractivity (Wildman–Crippen MR) is 111 cm³/mol. The summed E-state index contributed by atoms with van der Waals surface area (Å²) in [7, 11) is 0. The van der Waals surface area contributed by atoms with Crippen molar-refractivity contribution in [3.8, 4) is 0 Å². The average molecular weight is 380 g/mol. The standard InChI is InChI=1S/C23H28N2O3/c1-16(2)25(15-18-10-7-6-8-11-18)22(28)23(4,5)21(27)24-20-13-9-12-19(14-20)17(3)26/h6-14,16H,15H2,1-5H3,(H,24,27). The van der Waals surface area contributed by atoms with Crippen LogP contribution in [0.25, 0.3) is 0 Å². The van der Waals surface area contributed by atoms with Crippen molar-refractivity contribution in [1.82, 2.24) is 4.90 Å². The summed E-state index contributed by atoms with van der Waals surface area (Å²) in [6, 6.07) is 16.4. The van der Waals surface area contributed by atoms with E-state index >= 15 is 0 Å². The first-order valence-corrected chi connectivity index (χ1v) is 9.40. The van der Waals surface area contributed by atoms with Crippen LogP contribution in [0.1, 0.15) is 50.5 Å². The van der Waals surface area contributed by atoms with E-state index in [1.807, 2.05) is 44.2 Å². The zero-order chi connectivity index (χ0) is 20.9. The van der Waals surface area contributed by atoms with E-state index in [0.717, 1.165) is 5.56 Å². The zero-order valence-corrected chi connectivity index (χ0v) is 17.2. The molecule has 2 amide bonds. The van der Waals surface area contributed by atoms with Gasteiger partial charge < -0.3 is 10.2 Å². The molecule has 0 fully saturated rings. The largest absolute Gasteiger partial charge is 0.335 e. The summed E-state index contributed by atoms with van der Waals surface area (Å²) in [4.78, 5) is 39.4. The van der Waals surface area contributed by atoms with Crippen LogP contribution in [0.2, 0.25) is 0 Å². The third-order valence-corrected chi connectivity index (χ3v) is 4.71. The molecule has 28 heavy (non-hydrogen) atoms. The SMILES string of the molecule is CC(=O)c1cccc(NC(=O)C(C)(C)C(=O)N(Cc2ccccc2)C(C)C)c1. The first kappa shape index (κ1) is 21.4. The van der Waals surface area contributed by atoms with E-state index < -0.39 is 11.3 Å². The van der Waals surface area contributed by atoms with Gasteiger partial charge in [0, 0.05) is 23.8 Å². The minimum absolute atomic E-state index is 0.0548. The fourth-order valence-corrected chi connectivity index (χ4v) is 2.83. The smallest absolute Gasteiger partial charge is 0.239 e. The third-order valence-electron chi connectivity index (χ3n) is 4.71. The molecule has 0 saturated heterocycles. The highest BCUT2D eigenvalue weighted by molar-refractivity contribution is 6.10. The van der Waals surface area contributed by atoms with Gasteiger partial charge in [-0.1, -0.05) is 42.5 Å². The summed E-state index contributed by atoms with van der Waals surface area (Å²) in [5.41, 5.74) is 0.758. The first-order valence-electron chi connectivity index (χ1n) is 9.40. The van der Waals surface area contributed by atoms with Gasteiger partial charge in [-0.15, -0.1) is 0 Å². The van der Waals surface area contributed by atoms with E-state index in [1.54, 1.807) is 43.0 Å². The minimum Gasteiger partial charge on any atom is -0.335 e. The highest BCUT2D eigenvalue weighted by atomic mass is 16.2. The Hall–Kier alpha value is -2.95. The highest BCUT2D eigenvalue weighted by Gasteiger charge is 2.40. The molecule has 0 heterocycles. The van der Waals surface area contributed by atoms with Crippen LogP contribution in [0.4, 0.5) is 5.69 Å². The van der Waals surface area contributed by atoms with Gasteiger partial charge in [-0.2, -0.15) is 0 Å². The number of benzene rings is 2. The lowest BCUT2D eigenvalue weighted by atomic mass is 9.89. The van der Waals surface area contributed by atoms with Crippen LogP contribution in [-0.2, 0) is 16.1 Å². The lowest BCUT2D eigenvalue weighted by Crippen LogP contribution is -2.49. The van der Waals surface area contributed by atoms with E-state index in [0.29, 0.717) is 17.8 Å². The molecule has 2 aromatic carbocycles. The molecule has 0 spiro atoms. The number of nitrogens with one attached hydrogen (secondary N) is 1. The Morgan fingerprint density at radius 2 is 1.64 bits per heavy atom. The van der Waals surface area contributed by atoms with Gasteiger partial charge in [0.05, 0.1) is 0 Å².